The Labute approximate surface area is 127 Å². The molecule has 112 valence electrons. The number of nitrogens with zero attached hydrogens (tertiary/aromatic N) is 2. The maximum absolute atomic E-state index is 5.54. The number of nitrogens with one attached hydrogen (secondary N) is 1. The molecule has 0 unspecified atom stereocenters. The molecule has 0 aliphatic rings. The zero-order chi connectivity index (χ0) is 15.1. The lowest BCUT2D eigenvalue weighted by molar-refractivity contribution is 0.323. The van der Waals surface area contributed by atoms with Crippen molar-refractivity contribution in [2.45, 2.75) is 13.8 Å². The first-order valence-electron chi connectivity index (χ1n) is 6.62. The lowest BCUT2D eigenvalue weighted by Crippen LogP contribution is -1.97. The molecule has 0 bridgehead atoms. The third-order valence-corrected chi connectivity index (χ3v) is 3.19. The van der Waals surface area contributed by atoms with E-state index in [1.807, 2.05) is 32.0 Å². The van der Waals surface area contributed by atoms with Gasteiger partial charge in [0.05, 0.1) is 19.4 Å². The van der Waals surface area contributed by atoms with E-state index in [0.29, 0.717) is 24.2 Å². The molecule has 0 amide bonds. The number of hydrogen-bond acceptors (Lipinski definition) is 7. The van der Waals surface area contributed by atoms with E-state index in [1.165, 1.54) is 11.3 Å². The van der Waals surface area contributed by atoms with Gasteiger partial charge in [-0.1, -0.05) is 0 Å². The van der Waals surface area contributed by atoms with Crippen molar-refractivity contribution in [3.8, 4) is 11.5 Å². The minimum atomic E-state index is 0.481. The molecule has 0 spiro atoms. The monoisotopic (exact) mass is 306 g/mol. The molecular weight excluding hydrogens is 288 g/mol. The molecule has 1 aromatic heterocycles. The maximum Gasteiger partial charge on any atom is 0.205 e. The Bertz CT molecular complexity index is 589. The van der Waals surface area contributed by atoms with Crippen LogP contribution in [0.25, 0.3) is 0 Å². The van der Waals surface area contributed by atoms with Gasteiger partial charge >= 0.3 is 0 Å². The van der Waals surface area contributed by atoms with Gasteiger partial charge in [-0.3, -0.25) is 5.43 Å². The largest absolute Gasteiger partial charge is 0.494 e. The standard InChI is InChI=1S/C14H18N4O2S/c1-3-19-11-5-10(6-12(7-11)20-4-2)8-16-18-14-17-13(15)9-21-14/h5-9H,3-4,15H2,1-2H3,(H,17,18). The predicted molar refractivity (Wildman–Crippen MR) is 86.5 cm³/mol. The van der Waals surface area contributed by atoms with E-state index in [-0.39, 0.29) is 0 Å². The molecule has 2 rings (SSSR count). The normalized spacial score (nSPS) is 10.8. The van der Waals surface area contributed by atoms with E-state index in [9.17, 15) is 0 Å². The smallest absolute Gasteiger partial charge is 0.205 e. The van der Waals surface area contributed by atoms with E-state index in [4.69, 9.17) is 15.2 Å². The highest BCUT2D eigenvalue weighted by atomic mass is 32.1. The van der Waals surface area contributed by atoms with Gasteiger partial charge in [-0.05, 0) is 26.0 Å². The molecular formula is C14H18N4O2S. The van der Waals surface area contributed by atoms with Crippen LogP contribution in [0.3, 0.4) is 0 Å². The van der Waals surface area contributed by atoms with Crippen LogP contribution in [0.1, 0.15) is 19.4 Å². The van der Waals surface area contributed by atoms with Crippen molar-refractivity contribution in [3.63, 3.8) is 0 Å². The molecule has 0 atom stereocenters. The molecule has 3 N–H and O–H groups in total. The van der Waals surface area contributed by atoms with Crippen LogP contribution in [0.2, 0.25) is 0 Å². The second-order valence-corrected chi connectivity index (χ2v) is 4.91. The topological polar surface area (TPSA) is 81.8 Å². The Hall–Kier alpha value is -2.28. The Kier molecular flexibility index (Phi) is 5.39. The summed E-state index contributed by atoms with van der Waals surface area (Å²) in [7, 11) is 0. The van der Waals surface area contributed by atoms with Crippen molar-refractivity contribution in [2.75, 3.05) is 24.4 Å². The van der Waals surface area contributed by atoms with E-state index in [0.717, 1.165) is 17.1 Å². The zero-order valence-corrected chi connectivity index (χ0v) is 12.8. The molecule has 0 aliphatic heterocycles. The predicted octanol–water partition coefficient (Wildman–Crippen LogP) is 2.97. The number of rotatable bonds is 7. The molecule has 0 aliphatic carbocycles. The van der Waals surface area contributed by atoms with Gasteiger partial charge < -0.3 is 15.2 Å². The van der Waals surface area contributed by atoms with Crippen molar-refractivity contribution >= 4 is 28.5 Å². The second kappa shape index (κ2) is 7.49. The first-order chi connectivity index (χ1) is 10.2. The summed E-state index contributed by atoms with van der Waals surface area (Å²) in [5.41, 5.74) is 9.25. The molecule has 1 heterocycles. The van der Waals surface area contributed by atoms with Crippen LogP contribution in [-0.4, -0.2) is 24.4 Å². The van der Waals surface area contributed by atoms with Gasteiger partial charge in [0.15, 0.2) is 0 Å². The van der Waals surface area contributed by atoms with Crippen molar-refractivity contribution in [2.24, 2.45) is 5.10 Å². The summed E-state index contributed by atoms with van der Waals surface area (Å²) in [6.45, 7) is 5.08. The summed E-state index contributed by atoms with van der Waals surface area (Å²) in [4.78, 5) is 4.06. The third-order valence-electron chi connectivity index (χ3n) is 2.42. The number of aromatic nitrogens is 1. The number of anilines is 2. The van der Waals surface area contributed by atoms with Crippen molar-refractivity contribution in [1.82, 2.24) is 4.98 Å². The van der Waals surface area contributed by atoms with Gasteiger partial charge in [0.25, 0.3) is 0 Å². The number of thiazole rings is 1. The molecule has 0 saturated carbocycles. The SMILES string of the molecule is CCOc1cc(C=NNc2nc(N)cs2)cc(OCC)c1. The van der Waals surface area contributed by atoms with Crippen molar-refractivity contribution < 1.29 is 9.47 Å². The fourth-order valence-electron chi connectivity index (χ4n) is 1.67. The van der Waals surface area contributed by atoms with Gasteiger partial charge in [0, 0.05) is 17.0 Å². The van der Waals surface area contributed by atoms with Crippen molar-refractivity contribution in [1.29, 1.82) is 0 Å². The highest BCUT2D eigenvalue weighted by Gasteiger charge is 2.02. The molecule has 1 aromatic carbocycles. The molecule has 0 saturated heterocycles. The van der Waals surface area contributed by atoms with Crippen LogP contribution in [-0.2, 0) is 0 Å². The number of benzene rings is 1. The number of hydrazone groups is 1. The Balaban J connectivity index is 2.09. The number of ether oxygens (including phenoxy) is 2. The summed E-state index contributed by atoms with van der Waals surface area (Å²) in [6.07, 6.45) is 1.68. The van der Waals surface area contributed by atoms with Crippen molar-refractivity contribution in [3.05, 3.63) is 29.1 Å². The zero-order valence-electron chi connectivity index (χ0n) is 12.0. The number of hydrogen-bond donors (Lipinski definition) is 2. The quantitative estimate of drug-likeness (QED) is 0.607. The highest BCUT2D eigenvalue weighted by molar-refractivity contribution is 7.14. The molecule has 2 aromatic rings. The lowest BCUT2D eigenvalue weighted by Gasteiger charge is -2.08. The van der Waals surface area contributed by atoms with Crippen LogP contribution in [0.15, 0.2) is 28.7 Å². The summed E-state index contributed by atoms with van der Waals surface area (Å²) >= 11 is 1.40. The number of nitrogen functional groups attached to an aromatic ring is 1. The van der Waals surface area contributed by atoms with Gasteiger partial charge in [-0.25, -0.2) is 4.98 Å². The van der Waals surface area contributed by atoms with Gasteiger partial charge in [-0.15, -0.1) is 11.3 Å². The summed E-state index contributed by atoms with van der Waals surface area (Å²) in [5, 5.41) is 6.53. The minimum absolute atomic E-state index is 0.481. The third kappa shape index (κ3) is 4.64. The van der Waals surface area contributed by atoms with Gasteiger partial charge in [0.1, 0.15) is 17.3 Å². The highest BCUT2D eigenvalue weighted by Crippen LogP contribution is 2.22. The van der Waals surface area contributed by atoms with Crippen LogP contribution >= 0.6 is 11.3 Å². The maximum atomic E-state index is 5.54. The van der Waals surface area contributed by atoms with E-state index in [2.05, 4.69) is 15.5 Å². The fourth-order valence-corrected chi connectivity index (χ4v) is 2.22. The lowest BCUT2D eigenvalue weighted by atomic mass is 10.2. The fraction of sp³-hybridized carbons (Fsp3) is 0.286. The van der Waals surface area contributed by atoms with Crippen LogP contribution < -0.4 is 20.6 Å². The van der Waals surface area contributed by atoms with Gasteiger partial charge in [0.2, 0.25) is 5.13 Å². The van der Waals surface area contributed by atoms with Crippen LogP contribution in [0.4, 0.5) is 10.9 Å². The molecule has 0 fully saturated rings. The molecule has 21 heavy (non-hydrogen) atoms. The Morgan fingerprint density at radius 2 is 1.90 bits per heavy atom. The van der Waals surface area contributed by atoms with Gasteiger partial charge in [-0.2, -0.15) is 5.10 Å². The molecule has 0 radical (unpaired) electrons. The van der Waals surface area contributed by atoms with Crippen LogP contribution in [0.5, 0.6) is 11.5 Å². The Morgan fingerprint density at radius 1 is 1.24 bits per heavy atom. The van der Waals surface area contributed by atoms with E-state index < -0.39 is 0 Å². The second-order valence-electron chi connectivity index (χ2n) is 4.05. The molecule has 6 nitrogen and oxygen atoms in total. The summed E-state index contributed by atoms with van der Waals surface area (Å²) < 4.78 is 11.0. The number of nitrogens with two attached hydrogens (primary N) is 1. The van der Waals surface area contributed by atoms with E-state index >= 15 is 0 Å². The average molecular weight is 306 g/mol. The van der Waals surface area contributed by atoms with E-state index in [1.54, 1.807) is 11.6 Å². The minimum Gasteiger partial charge on any atom is -0.494 e. The average Bonchev–Trinajstić information content (AvgIpc) is 2.85. The molecule has 7 heteroatoms. The first kappa shape index (κ1) is 15.1. The Morgan fingerprint density at radius 3 is 2.43 bits per heavy atom. The summed E-state index contributed by atoms with van der Waals surface area (Å²) in [5.74, 6) is 1.99. The van der Waals surface area contributed by atoms with Crippen LogP contribution in [0, 0.1) is 0 Å². The summed E-state index contributed by atoms with van der Waals surface area (Å²) in [6, 6.07) is 5.65. The first-order valence-corrected chi connectivity index (χ1v) is 7.50.